The minimum absolute atomic E-state index is 0.107. The molecule has 0 N–H and O–H groups in total. The van der Waals surface area contributed by atoms with Crippen molar-refractivity contribution >= 4 is 25.3 Å². The van der Waals surface area contributed by atoms with Crippen molar-refractivity contribution in [3.63, 3.8) is 0 Å². The molecule has 0 aliphatic carbocycles. The molecule has 0 spiro atoms. The van der Waals surface area contributed by atoms with Gasteiger partial charge in [-0.3, -0.25) is 4.99 Å². The molecule has 6 heteroatoms. The fraction of sp³-hybridized carbons (Fsp3) is 0.310. The SMILES string of the molecule is C/N=C\C(c1cccc(-c2ncnc3c2ccn3CCCC[Si](C)(C)C)c1)c1ccccc1C#N. The Kier molecular flexibility index (Phi) is 7.57. The van der Waals surface area contributed by atoms with Gasteiger partial charge in [0.2, 0.25) is 0 Å². The van der Waals surface area contributed by atoms with Crippen LogP contribution in [0.4, 0.5) is 0 Å². The molecular formula is C29H33N5Si. The molecule has 0 aliphatic heterocycles. The summed E-state index contributed by atoms with van der Waals surface area (Å²) in [5.74, 6) is -0.107. The molecule has 2 aromatic carbocycles. The fourth-order valence-corrected chi connectivity index (χ4v) is 5.91. The Morgan fingerprint density at radius 2 is 1.89 bits per heavy atom. The maximum atomic E-state index is 9.64. The Hall–Kier alpha value is -3.56. The van der Waals surface area contributed by atoms with E-state index in [0.29, 0.717) is 5.56 Å². The third-order valence-electron chi connectivity index (χ3n) is 6.37. The average Bonchev–Trinajstić information content (AvgIpc) is 3.28. The van der Waals surface area contributed by atoms with Crippen molar-refractivity contribution in [2.24, 2.45) is 4.99 Å². The molecule has 2 heterocycles. The van der Waals surface area contributed by atoms with Crippen molar-refractivity contribution in [2.45, 2.75) is 51.0 Å². The molecule has 0 amide bonds. The summed E-state index contributed by atoms with van der Waals surface area (Å²) in [6.45, 7) is 8.27. The number of rotatable bonds is 9. The van der Waals surface area contributed by atoms with Crippen molar-refractivity contribution in [3.05, 3.63) is 83.8 Å². The first-order chi connectivity index (χ1) is 16.9. The maximum absolute atomic E-state index is 9.64. The minimum atomic E-state index is -1.000. The van der Waals surface area contributed by atoms with Gasteiger partial charge in [0, 0.05) is 50.9 Å². The number of aromatic nitrogens is 3. The highest BCUT2D eigenvalue weighted by atomic mass is 28.3. The molecule has 5 nitrogen and oxygen atoms in total. The van der Waals surface area contributed by atoms with Crippen LogP contribution in [-0.2, 0) is 6.54 Å². The van der Waals surface area contributed by atoms with Crippen LogP contribution in [0, 0.1) is 11.3 Å². The topological polar surface area (TPSA) is 66.9 Å². The van der Waals surface area contributed by atoms with E-state index in [4.69, 9.17) is 0 Å². The van der Waals surface area contributed by atoms with E-state index >= 15 is 0 Å². The van der Waals surface area contributed by atoms with Gasteiger partial charge in [-0.15, -0.1) is 0 Å². The molecule has 0 fully saturated rings. The normalized spacial score (nSPS) is 12.8. The van der Waals surface area contributed by atoms with Gasteiger partial charge in [0.15, 0.2) is 0 Å². The molecule has 178 valence electrons. The van der Waals surface area contributed by atoms with Gasteiger partial charge in [0.25, 0.3) is 0 Å². The van der Waals surface area contributed by atoms with Gasteiger partial charge in [0.1, 0.15) is 12.0 Å². The van der Waals surface area contributed by atoms with E-state index in [1.807, 2.05) is 30.5 Å². The lowest BCUT2D eigenvalue weighted by Crippen LogP contribution is -2.18. The lowest BCUT2D eigenvalue weighted by Gasteiger charge is -2.16. The average molecular weight is 480 g/mol. The number of unbranched alkanes of at least 4 members (excludes halogenated alkanes) is 1. The Balaban J connectivity index is 1.66. The summed E-state index contributed by atoms with van der Waals surface area (Å²) < 4.78 is 2.25. The first kappa shape index (κ1) is 24.6. The number of hydrogen-bond donors (Lipinski definition) is 0. The number of hydrogen-bond acceptors (Lipinski definition) is 4. The highest BCUT2D eigenvalue weighted by Gasteiger charge is 2.18. The van der Waals surface area contributed by atoms with Crippen LogP contribution in [0.25, 0.3) is 22.3 Å². The van der Waals surface area contributed by atoms with Gasteiger partial charge in [-0.2, -0.15) is 5.26 Å². The second-order valence-electron chi connectivity index (χ2n) is 10.2. The highest BCUT2D eigenvalue weighted by molar-refractivity contribution is 6.76. The molecule has 1 unspecified atom stereocenters. The summed E-state index contributed by atoms with van der Waals surface area (Å²) in [5.41, 5.74) is 5.64. The quantitative estimate of drug-likeness (QED) is 0.149. The van der Waals surface area contributed by atoms with Crippen LogP contribution in [-0.4, -0.2) is 35.9 Å². The molecule has 35 heavy (non-hydrogen) atoms. The van der Waals surface area contributed by atoms with E-state index in [9.17, 15) is 5.26 Å². The smallest absolute Gasteiger partial charge is 0.143 e. The van der Waals surface area contributed by atoms with Crippen molar-refractivity contribution in [3.8, 4) is 17.3 Å². The van der Waals surface area contributed by atoms with E-state index in [1.54, 1.807) is 13.4 Å². The molecule has 0 bridgehead atoms. The summed E-state index contributed by atoms with van der Waals surface area (Å²) >= 11 is 0. The summed E-state index contributed by atoms with van der Waals surface area (Å²) in [4.78, 5) is 13.6. The summed E-state index contributed by atoms with van der Waals surface area (Å²) in [7, 11) is 0.770. The van der Waals surface area contributed by atoms with Crippen molar-refractivity contribution in [1.82, 2.24) is 14.5 Å². The molecule has 0 saturated carbocycles. The molecule has 2 aromatic heterocycles. The molecule has 0 radical (unpaired) electrons. The van der Waals surface area contributed by atoms with E-state index in [1.165, 1.54) is 18.9 Å². The number of aliphatic imine (C=N–C) groups is 1. The van der Waals surface area contributed by atoms with E-state index in [2.05, 4.69) is 81.8 Å². The van der Waals surface area contributed by atoms with Gasteiger partial charge >= 0.3 is 0 Å². The van der Waals surface area contributed by atoms with Gasteiger partial charge in [0.05, 0.1) is 17.3 Å². The Labute approximate surface area is 209 Å². The van der Waals surface area contributed by atoms with Crippen LogP contribution >= 0.6 is 0 Å². The van der Waals surface area contributed by atoms with Crippen LogP contribution in [0.1, 0.15) is 35.4 Å². The second kappa shape index (κ2) is 10.8. The summed E-state index contributed by atoms with van der Waals surface area (Å²) in [6, 6.07) is 21.9. The summed E-state index contributed by atoms with van der Waals surface area (Å²) in [6.07, 6.45) is 8.14. The molecular weight excluding hydrogens is 446 g/mol. The minimum Gasteiger partial charge on any atom is -0.332 e. The standard InChI is InChI=1S/C29H33N5Si/c1-31-20-27(25-13-6-5-10-24(25)19-30)22-11-9-12-23(18-22)28-26-14-16-34(29(26)33-21-32-28)15-7-8-17-35(2,3)4/h5-6,9-14,16,18,20-21,27H,7-8,15,17H2,1-4H3/b31-20-. The lowest BCUT2D eigenvalue weighted by atomic mass is 9.88. The predicted octanol–water partition coefficient (Wildman–Crippen LogP) is 6.92. The van der Waals surface area contributed by atoms with Crippen molar-refractivity contribution in [1.29, 1.82) is 5.26 Å². The van der Waals surface area contributed by atoms with Crippen LogP contribution in [0.15, 0.2) is 72.1 Å². The molecule has 0 saturated heterocycles. The van der Waals surface area contributed by atoms with Crippen LogP contribution in [0.5, 0.6) is 0 Å². The number of benzene rings is 2. The largest absolute Gasteiger partial charge is 0.332 e. The Morgan fingerprint density at radius 3 is 2.66 bits per heavy atom. The molecule has 4 rings (SSSR count). The van der Waals surface area contributed by atoms with Crippen molar-refractivity contribution < 1.29 is 0 Å². The van der Waals surface area contributed by atoms with Gasteiger partial charge < -0.3 is 4.57 Å². The molecule has 4 aromatic rings. The zero-order valence-electron chi connectivity index (χ0n) is 21.1. The van der Waals surface area contributed by atoms with Crippen LogP contribution in [0.3, 0.4) is 0 Å². The zero-order valence-corrected chi connectivity index (χ0v) is 22.1. The zero-order chi connectivity index (χ0) is 24.8. The lowest BCUT2D eigenvalue weighted by molar-refractivity contribution is 0.642. The van der Waals surface area contributed by atoms with Gasteiger partial charge in [-0.05, 0) is 35.7 Å². The highest BCUT2D eigenvalue weighted by Crippen LogP contribution is 2.31. The fourth-order valence-electron chi connectivity index (χ4n) is 4.60. The third kappa shape index (κ3) is 5.75. The molecule has 0 aliphatic rings. The Bertz CT molecular complexity index is 1370. The number of fused-ring (bicyclic) bond motifs is 1. The van der Waals surface area contributed by atoms with Crippen LogP contribution in [0.2, 0.25) is 25.7 Å². The van der Waals surface area contributed by atoms with Gasteiger partial charge in [-0.1, -0.05) is 68.5 Å². The number of nitriles is 1. The second-order valence-corrected chi connectivity index (χ2v) is 15.8. The maximum Gasteiger partial charge on any atom is 0.143 e. The number of aryl methyl sites for hydroxylation is 1. The first-order valence-corrected chi connectivity index (χ1v) is 15.9. The first-order valence-electron chi connectivity index (χ1n) is 12.2. The monoisotopic (exact) mass is 479 g/mol. The number of nitrogens with zero attached hydrogens (tertiary/aromatic N) is 5. The third-order valence-corrected chi connectivity index (χ3v) is 8.22. The molecule has 1 atom stereocenters. The van der Waals surface area contributed by atoms with Crippen molar-refractivity contribution in [2.75, 3.05) is 7.05 Å². The van der Waals surface area contributed by atoms with E-state index < -0.39 is 8.07 Å². The summed E-state index contributed by atoms with van der Waals surface area (Å²) in [5, 5.41) is 10.7. The van der Waals surface area contributed by atoms with E-state index in [0.717, 1.165) is 40.0 Å². The Morgan fingerprint density at radius 1 is 1.06 bits per heavy atom. The predicted molar refractivity (Wildman–Crippen MR) is 148 cm³/mol. The van der Waals surface area contributed by atoms with E-state index in [-0.39, 0.29) is 5.92 Å². The van der Waals surface area contributed by atoms with Gasteiger partial charge in [-0.25, -0.2) is 9.97 Å². The van der Waals surface area contributed by atoms with Crippen LogP contribution < -0.4 is 0 Å².